The summed E-state index contributed by atoms with van der Waals surface area (Å²) in [5.74, 6) is -0.589. The first-order valence-electron chi connectivity index (χ1n) is 10.1. The summed E-state index contributed by atoms with van der Waals surface area (Å²) < 4.78 is 2.67. The maximum atomic E-state index is 13.1. The number of hydrogen-bond donors (Lipinski definition) is 3. The Balaban J connectivity index is 1.43. The van der Waals surface area contributed by atoms with E-state index in [2.05, 4.69) is 42.2 Å². The highest BCUT2D eigenvalue weighted by Gasteiger charge is 2.43. The molecule has 2 fully saturated rings. The third-order valence-corrected chi connectivity index (χ3v) is 6.23. The predicted molar refractivity (Wildman–Crippen MR) is 119 cm³/mol. The lowest BCUT2D eigenvalue weighted by Crippen LogP contribution is -2.40. The molecule has 1 aliphatic carbocycles. The third-order valence-electron chi connectivity index (χ3n) is 5.70. The number of carbonyl (C=O) groups excluding carboxylic acids is 3. The zero-order chi connectivity index (χ0) is 22.5. The van der Waals surface area contributed by atoms with Gasteiger partial charge in [-0.3, -0.25) is 14.9 Å². The number of imide groups is 1. The average Bonchev–Trinajstić information content (AvgIpc) is 3.45. The molecule has 1 unspecified atom stereocenters. The standard InChI is InChI=1S/C22H19BrN6O3/c1-22(20(31)25-21(32)26-22)13-3-2-4-15(11-13)24-19(30)17-18(12-5-6-12)29(28-27-17)16-9-7-14(23)8-10-16/h2-4,7-12H,5-6H2,1H3,(H,24,30)(H2,25,26,31,32). The van der Waals surface area contributed by atoms with Crippen molar-refractivity contribution in [2.75, 3.05) is 5.32 Å². The maximum absolute atomic E-state index is 13.1. The molecular weight excluding hydrogens is 476 g/mol. The number of anilines is 1. The second-order valence-corrected chi connectivity index (χ2v) is 8.97. The number of halogens is 1. The highest BCUT2D eigenvalue weighted by atomic mass is 79.9. The van der Waals surface area contributed by atoms with E-state index in [1.165, 1.54) is 0 Å². The Morgan fingerprint density at radius 3 is 2.59 bits per heavy atom. The molecular formula is C22H19BrN6O3. The lowest BCUT2D eigenvalue weighted by molar-refractivity contribution is -0.123. The number of amides is 4. The first-order chi connectivity index (χ1) is 15.3. The van der Waals surface area contributed by atoms with Crippen molar-refractivity contribution in [2.24, 2.45) is 0 Å². The molecule has 1 aliphatic heterocycles. The maximum Gasteiger partial charge on any atom is 0.322 e. The monoisotopic (exact) mass is 494 g/mol. The van der Waals surface area contributed by atoms with E-state index in [1.807, 2.05) is 24.3 Å². The number of rotatable bonds is 5. The normalized spacial score (nSPS) is 20.1. The molecule has 4 amide bonds. The van der Waals surface area contributed by atoms with Crippen LogP contribution >= 0.6 is 15.9 Å². The lowest BCUT2D eigenvalue weighted by atomic mass is 9.92. The van der Waals surface area contributed by atoms with Crippen LogP contribution in [0.4, 0.5) is 10.5 Å². The van der Waals surface area contributed by atoms with Crippen LogP contribution in [0.5, 0.6) is 0 Å². The van der Waals surface area contributed by atoms with E-state index in [9.17, 15) is 14.4 Å². The molecule has 162 valence electrons. The average molecular weight is 495 g/mol. The quantitative estimate of drug-likeness (QED) is 0.470. The minimum Gasteiger partial charge on any atom is -0.321 e. The van der Waals surface area contributed by atoms with Crippen molar-refractivity contribution in [3.05, 3.63) is 70.0 Å². The minimum atomic E-state index is -1.21. The summed E-state index contributed by atoms with van der Waals surface area (Å²) in [5, 5.41) is 16.1. The fraction of sp³-hybridized carbons (Fsp3) is 0.227. The number of hydrogen-bond acceptors (Lipinski definition) is 5. The van der Waals surface area contributed by atoms with Gasteiger partial charge in [0.15, 0.2) is 5.69 Å². The first kappa shape index (κ1) is 20.4. The van der Waals surface area contributed by atoms with Gasteiger partial charge < -0.3 is 10.6 Å². The minimum absolute atomic E-state index is 0.233. The smallest absolute Gasteiger partial charge is 0.321 e. The summed E-state index contributed by atoms with van der Waals surface area (Å²) in [5.41, 5.74) is 1.73. The molecule has 5 rings (SSSR count). The highest BCUT2D eigenvalue weighted by Crippen LogP contribution is 2.42. The van der Waals surface area contributed by atoms with E-state index < -0.39 is 17.5 Å². The summed E-state index contributed by atoms with van der Waals surface area (Å²) >= 11 is 3.43. The van der Waals surface area contributed by atoms with Gasteiger partial charge in [0, 0.05) is 16.1 Å². The van der Waals surface area contributed by atoms with Gasteiger partial charge in [-0.2, -0.15) is 0 Å². The van der Waals surface area contributed by atoms with Gasteiger partial charge in [-0.05, 0) is 61.7 Å². The fourth-order valence-electron chi connectivity index (χ4n) is 3.79. The van der Waals surface area contributed by atoms with Crippen LogP contribution in [0.15, 0.2) is 53.0 Å². The van der Waals surface area contributed by atoms with Gasteiger partial charge in [0.05, 0.1) is 11.4 Å². The van der Waals surface area contributed by atoms with Gasteiger partial charge in [0.1, 0.15) is 5.54 Å². The van der Waals surface area contributed by atoms with Crippen molar-refractivity contribution in [1.29, 1.82) is 0 Å². The Morgan fingerprint density at radius 2 is 1.94 bits per heavy atom. The molecule has 10 heteroatoms. The van der Waals surface area contributed by atoms with E-state index in [0.717, 1.165) is 28.7 Å². The molecule has 32 heavy (non-hydrogen) atoms. The van der Waals surface area contributed by atoms with Crippen LogP contribution in [0.2, 0.25) is 0 Å². The SMILES string of the molecule is CC1(c2cccc(NC(=O)c3nnn(-c4ccc(Br)cc4)c3C3CC3)c2)NC(=O)NC1=O. The molecule has 9 nitrogen and oxygen atoms in total. The van der Waals surface area contributed by atoms with Crippen molar-refractivity contribution >= 4 is 39.5 Å². The van der Waals surface area contributed by atoms with Crippen LogP contribution in [0.3, 0.4) is 0 Å². The molecule has 1 saturated heterocycles. The molecule has 3 aromatic rings. The summed E-state index contributed by atoms with van der Waals surface area (Å²) in [6.45, 7) is 1.61. The molecule has 1 saturated carbocycles. The van der Waals surface area contributed by atoms with E-state index in [1.54, 1.807) is 35.9 Å². The third kappa shape index (κ3) is 3.56. The lowest BCUT2D eigenvalue weighted by Gasteiger charge is -2.21. The number of urea groups is 1. The van der Waals surface area contributed by atoms with E-state index in [-0.39, 0.29) is 17.5 Å². The zero-order valence-corrected chi connectivity index (χ0v) is 18.6. The van der Waals surface area contributed by atoms with E-state index in [4.69, 9.17) is 0 Å². The second-order valence-electron chi connectivity index (χ2n) is 8.05. The largest absolute Gasteiger partial charge is 0.322 e. The molecule has 0 bridgehead atoms. The topological polar surface area (TPSA) is 118 Å². The summed E-state index contributed by atoms with van der Waals surface area (Å²) in [6, 6.07) is 13.9. The first-order valence-corrected chi connectivity index (χ1v) is 10.9. The number of nitrogens with zero attached hydrogens (tertiary/aromatic N) is 3. The summed E-state index contributed by atoms with van der Waals surface area (Å²) in [6.07, 6.45) is 1.96. The molecule has 2 aliphatic rings. The summed E-state index contributed by atoms with van der Waals surface area (Å²) in [7, 11) is 0. The Morgan fingerprint density at radius 1 is 1.19 bits per heavy atom. The summed E-state index contributed by atoms with van der Waals surface area (Å²) in [4.78, 5) is 37.0. The molecule has 2 aromatic carbocycles. The number of nitrogens with one attached hydrogen (secondary N) is 3. The van der Waals surface area contributed by atoms with Gasteiger partial charge >= 0.3 is 6.03 Å². The number of benzene rings is 2. The Bertz CT molecular complexity index is 1250. The van der Waals surface area contributed by atoms with Crippen molar-refractivity contribution in [1.82, 2.24) is 25.6 Å². The molecule has 1 aromatic heterocycles. The molecule has 1 atom stereocenters. The van der Waals surface area contributed by atoms with Crippen LogP contribution in [-0.4, -0.2) is 32.8 Å². The van der Waals surface area contributed by atoms with Gasteiger partial charge in [0.25, 0.3) is 11.8 Å². The number of aromatic nitrogens is 3. The zero-order valence-electron chi connectivity index (χ0n) is 17.1. The molecule has 2 heterocycles. The fourth-order valence-corrected chi connectivity index (χ4v) is 4.06. The molecule has 3 N–H and O–H groups in total. The van der Waals surface area contributed by atoms with E-state index >= 15 is 0 Å². The van der Waals surface area contributed by atoms with Gasteiger partial charge in [-0.1, -0.05) is 33.3 Å². The second kappa shape index (κ2) is 7.56. The predicted octanol–water partition coefficient (Wildman–Crippen LogP) is 3.21. The highest BCUT2D eigenvalue weighted by molar-refractivity contribution is 9.10. The number of carbonyl (C=O) groups is 3. The van der Waals surface area contributed by atoms with Gasteiger partial charge in [0.2, 0.25) is 0 Å². The van der Waals surface area contributed by atoms with Crippen LogP contribution in [0.1, 0.15) is 47.4 Å². The van der Waals surface area contributed by atoms with Crippen LogP contribution < -0.4 is 16.0 Å². The Labute approximate surface area is 191 Å². The van der Waals surface area contributed by atoms with Crippen molar-refractivity contribution in [3.8, 4) is 5.69 Å². The van der Waals surface area contributed by atoms with Crippen molar-refractivity contribution < 1.29 is 14.4 Å². The van der Waals surface area contributed by atoms with Gasteiger partial charge in [-0.25, -0.2) is 9.48 Å². The molecule has 0 radical (unpaired) electrons. The molecule has 0 spiro atoms. The van der Waals surface area contributed by atoms with Crippen molar-refractivity contribution in [2.45, 2.75) is 31.2 Å². The van der Waals surface area contributed by atoms with E-state index in [0.29, 0.717) is 11.3 Å². The van der Waals surface area contributed by atoms with Gasteiger partial charge in [-0.15, -0.1) is 5.10 Å². The van der Waals surface area contributed by atoms with Crippen LogP contribution in [0, 0.1) is 0 Å². The van der Waals surface area contributed by atoms with Crippen LogP contribution in [-0.2, 0) is 10.3 Å². The van der Waals surface area contributed by atoms with Crippen LogP contribution in [0.25, 0.3) is 5.69 Å². The van der Waals surface area contributed by atoms with Crippen molar-refractivity contribution in [3.63, 3.8) is 0 Å². The Hall–Kier alpha value is -3.53. The Kier molecular flexibility index (Phi) is 4.81.